The summed E-state index contributed by atoms with van der Waals surface area (Å²) in [5.41, 5.74) is 9.28. The lowest BCUT2D eigenvalue weighted by atomic mass is 9.98. The summed E-state index contributed by atoms with van der Waals surface area (Å²) in [7, 11) is 0. The van der Waals surface area contributed by atoms with E-state index in [0.717, 1.165) is 23.3 Å². The average molecular weight is 321 g/mol. The Hall–Kier alpha value is -3.26. The van der Waals surface area contributed by atoms with Crippen LogP contribution in [0, 0.1) is 29.9 Å². The molecule has 0 bridgehead atoms. The summed E-state index contributed by atoms with van der Waals surface area (Å²) in [6.45, 7) is 1.95. The van der Waals surface area contributed by atoms with Crippen molar-refractivity contribution in [3.05, 3.63) is 71.3 Å². The lowest BCUT2D eigenvalue weighted by Gasteiger charge is -2.11. The number of benzene rings is 2. The van der Waals surface area contributed by atoms with Crippen LogP contribution in [0.5, 0.6) is 0 Å². The minimum atomic E-state index is -0.983. The molecule has 0 aliphatic rings. The molecular weight excluding hydrogens is 308 g/mol. The molecule has 0 saturated carbocycles. The highest BCUT2D eigenvalue weighted by atomic mass is 19.2. The number of halogens is 2. The van der Waals surface area contributed by atoms with Gasteiger partial charge in [-0.25, -0.2) is 13.8 Å². The normalized spacial score (nSPS) is 10.4. The van der Waals surface area contributed by atoms with Crippen LogP contribution in [0.1, 0.15) is 11.1 Å². The first-order valence-electron chi connectivity index (χ1n) is 7.22. The molecule has 3 rings (SSSR count). The smallest absolute Gasteiger partial charge is 0.159 e. The molecule has 3 aromatic rings. The Labute approximate surface area is 138 Å². The fraction of sp³-hybridized carbons (Fsp3) is 0.0526. The molecule has 0 atom stereocenters. The van der Waals surface area contributed by atoms with Crippen LogP contribution >= 0.6 is 0 Å². The molecule has 0 spiro atoms. The number of pyridine rings is 1. The summed E-state index contributed by atoms with van der Waals surface area (Å²) in [4.78, 5) is 4.27. The number of aryl methyl sites for hydroxylation is 1. The summed E-state index contributed by atoms with van der Waals surface area (Å²) >= 11 is 0. The van der Waals surface area contributed by atoms with E-state index in [9.17, 15) is 14.0 Å². The number of rotatable bonds is 2. The lowest BCUT2D eigenvalue weighted by Crippen LogP contribution is -2.00. The third-order valence-corrected chi connectivity index (χ3v) is 3.70. The van der Waals surface area contributed by atoms with Crippen molar-refractivity contribution in [1.29, 1.82) is 5.26 Å². The zero-order valence-electron chi connectivity index (χ0n) is 12.8. The highest BCUT2D eigenvalue weighted by Crippen LogP contribution is 2.32. The highest BCUT2D eigenvalue weighted by Gasteiger charge is 2.15. The van der Waals surface area contributed by atoms with Crippen LogP contribution in [0.2, 0.25) is 0 Å². The number of nitrogen functional groups attached to an aromatic ring is 1. The number of nitriles is 1. The second kappa shape index (κ2) is 6.09. The molecule has 118 valence electrons. The first-order valence-corrected chi connectivity index (χ1v) is 7.22. The molecule has 0 unspecified atom stereocenters. The Morgan fingerprint density at radius 2 is 1.79 bits per heavy atom. The van der Waals surface area contributed by atoms with E-state index in [-0.39, 0.29) is 11.4 Å². The van der Waals surface area contributed by atoms with Crippen molar-refractivity contribution < 1.29 is 8.78 Å². The summed E-state index contributed by atoms with van der Waals surface area (Å²) in [5.74, 6) is -1.88. The predicted octanol–water partition coefficient (Wildman–Crippen LogP) is 4.46. The molecule has 3 nitrogen and oxygen atoms in total. The van der Waals surface area contributed by atoms with Crippen LogP contribution in [0.4, 0.5) is 14.6 Å². The maximum Gasteiger partial charge on any atom is 0.159 e. The van der Waals surface area contributed by atoms with Gasteiger partial charge in [-0.2, -0.15) is 5.26 Å². The van der Waals surface area contributed by atoms with Crippen molar-refractivity contribution in [2.75, 3.05) is 5.73 Å². The van der Waals surface area contributed by atoms with Crippen LogP contribution in [0.3, 0.4) is 0 Å². The average Bonchev–Trinajstić information content (AvgIpc) is 2.56. The quantitative estimate of drug-likeness (QED) is 0.758. The molecule has 5 heteroatoms. The monoisotopic (exact) mass is 321 g/mol. The summed E-state index contributed by atoms with van der Waals surface area (Å²) in [6.07, 6.45) is 0. The van der Waals surface area contributed by atoms with Gasteiger partial charge in [0, 0.05) is 11.1 Å². The van der Waals surface area contributed by atoms with Gasteiger partial charge in [-0.1, -0.05) is 29.8 Å². The topological polar surface area (TPSA) is 62.7 Å². The summed E-state index contributed by atoms with van der Waals surface area (Å²) in [6, 6.07) is 14.8. The van der Waals surface area contributed by atoms with Gasteiger partial charge in [-0.05, 0) is 36.8 Å². The molecule has 0 amide bonds. The Morgan fingerprint density at radius 1 is 1.00 bits per heavy atom. The van der Waals surface area contributed by atoms with E-state index in [2.05, 4.69) is 4.98 Å². The van der Waals surface area contributed by atoms with Gasteiger partial charge in [0.2, 0.25) is 0 Å². The van der Waals surface area contributed by atoms with Crippen LogP contribution in [0.25, 0.3) is 22.4 Å². The van der Waals surface area contributed by atoms with Gasteiger partial charge in [0.25, 0.3) is 0 Å². The molecule has 0 aliphatic heterocycles. The zero-order valence-corrected chi connectivity index (χ0v) is 12.8. The van der Waals surface area contributed by atoms with Crippen LogP contribution < -0.4 is 5.73 Å². The minimum Gasteiger partial charge on any atom is -0.383 e. The van der Waals surface area contributed by atoms with E-state index in [4.69, 9.17) is 5.73 Å². The second-order valence-corrected chi connectivity index (χ2v) is 5.43. The van der Waals surface area contributed by atoms with Crippen LogP contribution in [-0.4, -0.2) is 4.98 Å². The fourth-order valence-corrected chi connectivity index (χ4v) is 2.53. The molecular formula is C19H13F2N3. The van der Waals surface area contributed by atoms with E-state index in [1.54, 1.807) is 6.07 Å². The van der Waals surface area contributed by atoms with Crippen molar-refractivity contribution in [3.8, 4) is 28.5 Å². The number of hydrogen-bond donors (Lipinski definition) is 1. The Morgan fingerprint density at radius 3 is 2.46 bits per heavy atom. The number of anilines is 1. The van der Waals surface area contributed by atoms with E-state index in [1.807, 2.05) is 37.3 Å². The SMILES string of the molecule is Cc1cccc(-c2cc(-c3ccc(F)c(F)c3)c(C#N)c(N)n2)c1. The minimum absolute atomic E-state index is 0.0521. The number of hydrogen-bond acceptors (Lipinski definition) is 3. The Bertz CT molecular complexity index is 975. The van der Waals surface area contributed by atoms with Crippen LogP contribution in [-0.2, 0) is 0 Å². The van der Waals surface area contributed by atoms with Gasteiger partial charge >= 0.3 is 0 Å². The standard InChI is InChI=1S/C19H13F2N3/c1-11-3-2-4-13(7-11)18-9-14(15(10-22)19(23)24-18)12-5-6-16(20)17(21)8-12/h2-9H,1H3,(H2,23,24). The van der Waals surface area contributed by atoms with E-state index >= 15 is 0 Å². The van der Waals surface area contributed by atoms with Crippen molar-refractivity contribution in [2.45, 2.75) is 6.92 Å². The fourth-order valence-electron chi connectivity index (χ4n) is 2.53. The van der Waals surface area contributed by atoms with Gasteiger partial charge in [0.15, 0.2) is 11.6 Å². The maximum atomic E-state index is 13.6. The molecule has 24 heavy (non-hydrogen) atoms. The molecule has 2 N–H and O–H groups in total. The highest BCUT2D eigenvalue weighted by molar-refractivity contribution is 5.80. The second-order valence-electron chi connectivity index (χ2n) is 5.43. The first-order chi connectivity index (χ1) is 11.5. The Kier molecular flexibility index (Phi) is 3.97. The third-order valence-electron chi connectivity index (χ3n) is 3.70. The predicted molar refractivity (Wildman–Crippen MR) is 88.9 cm³/mol. The molecule has 0 radical (unpaired) electrons. The number of nitrogens with two attached hydrogens (primary N) is 1. The van der Waals surface area contributed by atoms with E-state index in [1.165, 1.54) is 6.07 Å². The number of nitrogens with zero attached hydrogens (tertiary/aromatic N) is 2. The lowest BCUT2D eigenvalue weighted by molar-refractivity contribution is 0.509. The van der Waals surface area contributed by atoms with E-state index in [0.29, 0.717) is 16.8 Å². The molecule has 0 saturated heterocycles. The first kappa shape index (κ1) is 15.6. The summed E-state index contributed by atoms with van der Waals surface area (Å²) in [5, 5.41) is 9.35. The van der Waals surface area contributed by atoms with Crippen LogP contribution in [0.15, 0.2) is 48.5 Å². The van der Waals surface area contributed by atoms with Crippen molar-refractivity contribution in [2.24, 2.45) is 0 Å². The third kappa shape index (κ3) is 2.82. The van der Waals surface area contributed by atoms with Gasteiger partial charge < -0.3 is 5.73 Å². The number of aromatic nitrogens is 1. The van der Waals surface area contributed by atoms with Crippen molar-refractivity contribution in [1.82, 2.24) is 4.98 Å². The molecule has 2 aromatic carbocycles. The molecule has 1 aromatic heterocycles. The van der Waals surface area contributed by atoms with Gasteiger partial charge in [0.05, 0.1) is 5.69 Å². The summed E-state index contributed by atoms with van der Waals surface area (Å²) < 4.78 is 26.8. The largest absolute Gasteiger partial charge is 0.383 e. The van der Waals surface area contributed by atoms with Crippen molar-refractivity contribution >= 4 is 5.82 Å². The molecule has 0 aliphatic carbocycles. The van der Waals surface area contributed by atoms with E-state index < -0.39 is 11.6 Å². The van der Waals surface area contributed by atoms with Gasteiger partial charge in [-0.15, -0.1) is 0 Å². The van der Waals surface area contributed by atoms with Crippen molar-refractivity contribution in [3.63, 3.8) is 0 Å². The van der Waals surface area contributed by atoms with Gasteiger partial charge in [-0.3, -0.25) is 0 Å². The maximum absolute atomic E-state index is 13.6. The molecule has 0 fully saturated rings. The van der Waals surface area contributed by atoms with Gasteiger partial charge in [0.1, 0.15) is 17.5 Å². The Balaban J connectivity index is 2.24. The molecule has 1 heterocycles. The zero-order chi connectivity index (χ0) is 17.3.